The predicted molar refractivity (Wildman–Crippen MR) is 54.9 cm³/mol. The van der Waals surface area contributed by atoms with E-state index in [1.807, 2.05) is 0 Å². The molecule has 0 spiro atoms. The molecule has 1 heterocycles. The molecule has 2 rings (SSSR count). The van der Waals surface area contributed by atoms with Crippen LogP contribution in [0.3, 0.4) is 0 Å². The third kappa shape index (κ3) is 1.94. The summed E-state index contributed by atoms with van der Waals surface area (Å²) in [4.78, 5) is 0. The second-order valence-electron chi connectivity index (χ2n) is 4.75. The molecule has 1 N–H and O–H groups in total. The van der Waals surface area contributed by atoms with Gasteiger partial charge in [-0.15, -0.1) is 11.6 Å². The first-order valence-electron chi connectivity index (χ1n) is 5.73. The van der Waals surface area contributed by atoms with Gasteiger partial charge in [-0.25, -0.2) is 0 Å². The van der Waals surface area contributed by atoms with Gasteiger partial charge in [-0.05, 0) is 13.3 Å². The summed E-state index contributed by atoms with van der Waals surface area (Å²) in [6.07, 6.45) is -12.0. The molecule has 0 aromatic carbocycles. The van der Waals surface area contributed by atoms with Crippen molar-refractivity contribution < 1.29 is 31.1 Å². The van der Waals surface area contributed by atoms with Gasteiger partial charge in [0.05, 0.1) is 17.5 Å². The summed E-state index contributed by atoms with van der Waals surface area (Å²) in [6, 6.07) is -1.14. The van der Waals surface area contributed by atoms with Gasteiger partial charge in [0.15, 0.2) is 0 Å². The van der Waals surface area contributed by atoms with Gasteiger partial charge in [0.25, 0.3) is 0 Å². The fraction of sp³-hybridized carbons (Fsp3) is 1.00. The molecule has 2 nitrogen and oxygen atoms in total. The van der Waals surface area contributed by atoms with Gasteiger partial charge in [-0.2, -0.15) is 26.3 Å². The van der Waals surface area contributed by atoms with Gasteiger partial charge in [0.1, 0.15) is 0 Å². The standard InChI is InChI=1S/C10H12ClF6NO/c1-2-19-5-3-4-6(11)7(5)18-8(4,9(12,13)14)10(15,16)17/h4-7,18H,2-3H2,1H3/t4-,5+,6+,7-/m0/s1. The molecule has 2 aliphatic rings. The van der Waals surface area contributed by atoms with Gasteiger partial charge < -0.3 is 4.74 Å². The number of hydrogen-bond acceptors (Lipinski definition) is 2. The van der Waals surface area contributed by atoms with Crippen molar-refractivity contribution in [2.45, 2.75) is 48.8 Å². The molecule has 0 aromatic heterocycles. The fourth-order valence-corrected chi connectivity index (χ4v) is 3.59. The number of alkyl halides is 7. The summed E-state index contributed by atoms with van der Waals surface area (Å²) in [5.74, 6) is -1.77. The van der Waals surface area contributed by atoms with Gasteiger partial charge in [-0.3, -0.25) is 5.32 Å². The molecule has 9 heteroatoms. The Bertz CT molecular complexity index is 343. The molecule has 1 saturated heterocycles. The highest BCUT2D eigenvalue weighted by molar-refractivity contribution is 6.22. The van der Waals surface area contributed by atoms with E-state index in [1.165, 1.54) is 0 Å². The maximum atomic E-state index is 13.0. The van der Waals surface area contributed by atoms with Crippen LogP contribution in [-0.2, 0) is 4.74 Å². The molecular weight excluding hydrogens is 300 g/mol. The number of hydrogen-bond donors (Lipinski definition) is 1. The van der Waals surface area contributed by atoms with Crippen LogP contribution in [0.1, 0.15) is 13.3 Å². The first kappa shape index (κ1) is 15.2. The van der Waals surface area contributed by atoms with Crippen LogP contribution in [-0.4, -0.2) is 42.0 Å². The molecule has 19 heavy (non-hydrogen) atoms. The highest BCUT2D eigenvalue weighted by Gasteiger charge is 2.81. The first-order chi connectivity index (χ1) is 8.56. The lowest BCUT2D eigenvalue weighted by atomic mass is 9.82. The molecule has 112 valence electrons. The van der Waals surface area contributed by atoms with Crippen LogP contribution in [0.4, 0.5) is 26.3 Å². The van der Waals surface area contributed by atoms with E-state index in [-0.39, 0.29) is 13.0 Å². The van der Waals surface area contributed by atoms with E-state index in [0.29, 0.717) is 0 Å². The SMILES string of the molecule is CCO[C@@H]1C[C@H]2[C@@H](Cl)[C@H]1NC2(C(F)(F)F)C(F)(F)F. The van der Waals surface area contributed by atoms with E-state index in [2.05, 4.69) is 0 Å². The minimum atomic E-state index is -5.45. The molecule has 2 bridgehead atoms. The van der Waals surface area contributed by atoms with Crippen molar-refractivity contribution in [1.29, 1.82) is 0 Å². The average molecular weight is 312 g/mol. The molecular formula is C10H12ClF6NO. The van der Waals surface area contributed by atoms with Gasteiger partial charge in [-0.1, -0.05) is 0 Å². The van der Waals surface area contributed by atoms with Crippen molar-refractivity contribution in [2.75, 3.05) is 6.61 Å². The van der Waals surface area contributed by atoms with Gasteiger partial charge in [0.2, 0.25) is 5.54 Å². The zero-order chi connectivity index (χ0) is 14.6. The van der Waals surface area contributed by atoms with Crippen LogP contribution >= 0.6 is 11.6 Å². The number of halogens is 7. The van der Waals surface area contributed by atoms with E-state index >= 15 is 0 Å². The Morgan fingerprint density at radius 2 is 1.74 bits per heavy atom. The molecule has 1 aliphatic carbocycles. The van der Waals surface area contributed by atoms with Crippen molar-refractivity contribution in [2.24, 2.45) is 5.92 Å². The quantitative estimate of drug-likeness (QED) is 0.625. The molecule has 0 aromatic rings. The van der Waals surface area contributed by atoms with Crippen molar-refractivity contribution in [3.05, 3.63) is 0 Å². The Kier molecular flexibility index (Phi) is 3.51. The minimum Gasteiger partial charge on any atom is -0.377 e. The van der Waals surface area contributed by atoms with Crippen LogP contribution in [0.25, 0.3) is 0 Å². The largest absolute Gasteiger partial charge is 0.415 e. The van der Waals surface area contributed by atoms with Crippen molar-refractivity contribution in [3.63, 3.8) is 0 Å². The third-order valence-electron chi connectivity index (χ3n) is 3.84. The number of fused-ring (bicyclic) bond motifs is 2. The van der Waals surface area contributed by atoms with Gasteiger partial charge in [0, 0.05) is 12.5 Å². The number of rotatable bonds is 2. The van der Waals surface area contributed by atoms with Crippen molar-refractivity contribution in [3.8, 4) is 0 Å². The zero-order valence-corrected chi connectivity index (χ0v) is 10.5. The highest BCUT2D eigenvalue weighted by Crippen LogP contribution is 2.58. The van der Waals surface area contributed by atoms with E-state index in [9.17, 15) is 26.3 Å². The second kappa shape index (κ2) is 4.39. The fourth-order valence-electron chi connectivity index (χ4n) is 3.07. The number of piperidine rings is 1. The Balaban J connectivity index is 2.37. The summed E-state index contributed by atoms with van der Waals surface area (Å²) in [5.41, 5.74) is -3.93. The summed E-state index contributed by atoms with van der Waals surface area (Å²) in [5, 5.41) is 0.411. The Morgan fingerprint density at radius 3 is 2.05 bits per heavy atom. The first-order valence-corrected chi connectivity index (χ1v) is 6.16. The van der Waals surface area contributed by atoms with Crippen LogP contribution in [0.5, 0.6) is 0 Å². The molecule has 2 fully saturated rings. The topological polar surface area (TPSA) is 21.3 Å². The maximum absolute atomic E-state index is 13.0. The summed E-state index contributed by atoms with van der Waals surface area (Å²) in [7, 11) is 0. The van der Waals surface area contributed by atoms with Gasteiger partial charge >= 0.3 is 12.4 Å². The minimum absolute atomic E-state index is 0.213. The van der Waals surface area contributed by atoms with E-state index < -0.39 is 41.3 Å². The smallest absolute Gasteiger partial charge is 0.377 e. The predicted octanol–water partition coefficient (Wildman–Crippen LogP) is 2.85. The maximum Gasteiger partial charge on any atom is 0.415 e. The molecule has 0 radical (unpaired) electrons. The summed E-state index contributed by atoms with van der Waals surface area (Å²) < 4.78 is 83.0. The van der Waals surface area contributed by atoms with Crippen LogP contribution in [0, 0.1) is 5.92 Å². The Labute approximate surface area is 110 Å². The Hall–Kier alpha value is -0.210. The lowest BCUT2D eigenvalue weighted by Crippen LogP contribution is -2.70. The van der Waals surface area contributed by atoms with Crippen LogP contribution < -0.4 is 5.32 Å². The average Bonchev–Trinajstić information content (AvgIpc) is 2.68. The van der Waals surface area contributed by atoms with Crippen molar-refractivity contribution in [1.82, 2.24) is 5.32 Å². The Morgan fingerprint density at radius 1 is 1.21 bits per heavy atom. The normalized spacial score (nSPS) is 37.9. The monoisotopic (exact) mass is 311 g/mol. The summed E-state index contributed by atoms with van der Waals surface area (Å²) in [6.45, 7) is 1.83. The van der Waals surface area contributed by atoms with Crippen molar-refractivity contribution >= 4 is 11.6 Å². The molecule has 0 amide bonds. The molecule has 4 atom stereocenters. The number of ether oxygens (including phenoxy) is 1. The van der Waals surface area contributed by atoms with Crippen LogP contribution in [0.2, 0.25) is 0 Å². The van der Waals surface area contributed by atoms with Crippen LogP contribution in [0.15, 0.2) is 0 Å². The molecule has 1 saturated carbocycles. The number of nitrogens with one attached hydrogen (secondary N) is 1. The molecule has 0 unspecified atom stereocenters. The lowest BCUT2D eigenvalue weighted by molar-refractivity contribution is -0.321. The second-order valence-corrected chi connectivity index (χ2v) is 5.26. The van der Waals surface area contributed by atoms with E-state index in [4.69, 9.17) is 16.3 Å². The highest BCUT2D eigenvalue weighted by atomic mass is 35.5. The lowest BCUT2D eigenvalue weighted by Gasteiger charge is -2.42. The summed E-state index contributed by atoms with van der Waals surface area (Å²) >= 11 is 5.76. The van der Waals surface area contributed by atoms with E-state index in [0.717, 1.165) is 0 Å². The van der Waals surface area contributed by atoms with E-state index in [1.54, 1.807) is 12.2 Å². The molecule has 1 aliphatic heterocycles. The zero-order valence-electron chi connectivity index (χ0n) is 9.78. The third-order valence-corrected chi connectivity index (χ3v) is 4.42.